The molecule has 2 heterocycles. The highest BCUT2D eigenvalue weighted by Gasteiger charge is 2.19. The van der Waals surface area contributed by atoms with Gasteiger partial charge in [0.05, 0.1) is 11.1 Å². The lowest BCUT2D eigenvalue weighted by Gasteiger charge is -2.09. The summed E-state index contributed by atoms with van der Waals surface area (Å²) in [6.07, 6.45) is 0. The van der Waals surface area contributed by atoms with E-state index in [0.717, 1.165) is 17.0 Å². The lowest BCUT2D eigenvalue weighted by Crippen LogP contribution is -2.10. The molecule has 0 saturated carbocycles. The SMILES string of the molecule is CNc1nc(Nc2ccccc2)c2c(N)c(C(N)=O)sc2n1. The first kappa shape index (κ1) is 14.1. The van der Waals surface area contributed by atoms with E-state index in [-0.39, 0.29) is 4.88 Å². The number of fused-ring (bicyclic) bond motifs is 1. The number of hydrogen-bond acceptors (Lipinski definition) is 7. The van der Waals surface area contributed by atoms with Crippen LogP contribution in [0.25, 0.3) is 10.2 Å². The molecule has 1 aromatic carbocycles. The average Bonchev–Trinajstić information content (AvgIpc) is 2.85. The third-order valence-corrected chi connectivity index (χ3v) is 4.19. The van der Waals surface area contributed by atoms with Gasteiger partial charge in [-0.25, -0.2) is 4.98 Å². The van der Waals surface area contributed by atoms with Crippen LogP contribution in [-0.2, 0) is 0 Å². The van der Waals surface area contributed by atoms with Crippen molar-refractivity contribution in [1.29, 1.82) is 0 Å². The molecule has 3 rings (SSSR count). The molecule has 0 unspecified atom stereocenters. The number of aromatic nitrogens is 2. The summed E-state index contributed by atoms with van der Waals surface area (Å²) in [5, 5.41) is 6.69. The molecule has 1 amide bonds. The van der Waals surface area contributed by atoms with Crippen LogP contribution in [0.1, 0.15) is 9.67 Å². The normalized spacial score (nSPS) is 10.6. The maximum atomic E-state index is 11.5. The van der Waals surface area contributed by atoms with E-state index in [1.807, 2.05) is 30.3 Å². The molecule has 8 heteroatoms. The molecule has 0 bridgehead atoms. The van der Waals surface area contributed by atoms with E-state index in [1.54, 1.807) is 7.05 Å². The molecular weight excluding hydrogens is 300 g/mol. The standard InChI is InChI=1S/C14H14N6OS/c1-17-14-19-12(18-7-5-3-2-4-6-7)8-9(15)10(11(16)21)22-13(8)20-14/h2-6H,15H2,1H3,(H2,16,21)(H2,17,18,19,20). The maximum Gasteiger partial charge on any atom is 0.260 e. The summed E-state index contributed by atoms with van der Waals surface area (Å²) >= 11 is 1.16. The van der Waals surface area contributed by atoms with Crippen molar-refractivity contribution in [3.63, 3.8) is 0 Å². The number of carbonyl (C=O) groups excluding carboxylic acids is 1. The number of nitrogens with zero attached hydrogens (tertiary/aromatic N) is 2. The number of carbonyl (C=O) groups is 1. The minimum absolute atomic E-state index is 0.286. The van der Waals surface area contributed by atoms with Crippen molar-refractivity contribution < 1.29 is 4.79 Å². The van der Waals surface area contributed by atoms with Crippen LogP contribution in [0.4, 0.5) is 23.1 Å². The summed E-state index contributed by atoms with van der Waals surface area (Å²) in [5.74, 6) is 0.391. The van der Waals surface area contributed by atoms with Gasteiger partial charge in [0, 0.05) is 12.7 Å². The summed E-state index contributed by atoms with van der Waals surface area (Å²) < 4.78 is 0. The molecule has 0 aliphatic heterocycles. The topological polar surface area (TPSA) is 119 Å². The van der Waals surface area contributed by atoms with Crippen LogP contribution < -0.4 is 22.1 Å². The second kappa shape index (κ2) is 5.49. The fourth-order valence-corrected chi connectivity index (χ4v) is 3.01. The van der Waals surface area contributed by atoms with Crippen molar-refractivity contribution in [2.75, 3.05) is 23.4 Å². The van der Waals surface area contributed by atoms with Crippen molar-refractivity contribution in [2.24, 2.45) is 5.73 Å². The van der Waals surface area contributed by atoms with Gasteiger partial charge in [-0.3, -0.25) is 4.79 Å². The molecule has 2 aromatic heterocycles. The van der Waals surface area contributed by atoms with Gasteiger partial charge in [-0.2, -0.15) is 4.98 Å². The quantitative estimate of drug-likeness (QED) is 0.586. The van der Waals surface area contributed by atoms with Gasteiger partial charge < -0.3 is 22.1 Å². The average molecular weight is 314 g/mol. The van der Waals surface area contributed by atoms with Crippen LogP contribution >= 0.6 is 11.3 Å². The first-order valence-electron chi connectivity index (χ1n) is 6.49. The van der Waals surface area contributed by atoms with E-state index in [2.05, 4.69) is 20.6 Å². The van der Waals surface area contributed by atoms with E-state index in [1.165, 1.54) is 0 Å². The molecule has 112 valence electrons. The Balaban J connectivity index is 2.20. The Morgan fingerprint density at radius 1 is 1.23 bits per heavy atom. The Kier molecular flexibility index (Phi) is 3.51. The molecule has 6 N–H and O–H groups in total. The van der Waals surface area contributed by atoms with Gasteiger partial charge in [-0.15, -0.1) is 11.3 Å². The number of rotatable bonds is 4. The minimum atomic E-state index is -0.572. The maximum absolute atomic E-state index is 11.5. The number of nitrogen functional groups attached to an aromatic ring is 1. The first-order chi connectivity index (χ1) is 10.6. The van der Waals surface area contributed by atoms with Crippen LogP contribution in [0.2, 0.25) is 0 Å². The number of nitrogens with two attached hydrogens (primary N) is 2. The lowest BCUT2D eigenvalue weighted by molar-refractivity contribution is 0.100. The van der Waals surface area contributed by atoms with Crippen molar-refractivity contribution in [3.8, 4) is 0 Å². The Bertz CT molecular complexity index is 845. The van der Waals surface area contributed by atoms with Gasteiger partial charge >= 0.3 is 0 Å². The highest BCUT2D eigenvalue weighted by atomic mass is 32.1. The Morgan fingerprint density at radius 3 is 2.59 bits per heavy atom. The Hall–Kier alpha value is -2.87. The fraction of sp³-hybridized carbons (Fsp3) is 0.0714. The summed E-state index contributed by atoms with van der Waals surface area (Å²) in [5.41, 5.74) is 12.6. The number of anilines is 4. The van der Waals surface area contributed by atoms with Crippen molar-refractivity contribution in [2.45, 2.75) is 0 Å². The van der Waals surface area contributed by atoms with Gasteiger partial charge in [-0.1, -0.05) is 18.2 Å². The number of hydrogen-bond donors (Lipinski definition) is 4. The molecule has 7 nitrogen and oxygen atoms in total. The van der Waals surface area contributed by atoms with Gasteiger partial charge in [0.1, 0.15) is 15.5 Å². The van der Waals surface area contributed by atoms with Crippen molar-refractivity contribution in [1.82, 2.24) is 9.97 Å². The number of primary amides is 1. The van der Waals surface area contributed by atoms with E-state index in [9.17, 15) is 4.79 Å². The van der Waals surface area contributed by atoms with Crippen molar-refractivity contribution in [3.05, 3.63) is 35.2 Å². The number of amides is 1. The van der Waals surface area contributed by atoms with E-state index < -0.39 is 5.91 Å². The van der Waals surface area contributed by atoms with Crippen LogP contribution in [0.3, 0.4) is 0 Å². The highest BCUT2D eigenvalue weighted by molar-refractivity contribution is 7.21. The Morgan fingerprint density at radius 2 is 1.95 bits per heavy atom. The third-order valence-electron chi connectivity index (χ3n) is 3.07. The van der Waals surface area contributed by atoms with Crippen LogP contribution in [-0.4, -0.2) is 22.9 Å². The summed E-state index contributed by atoms with van der Waals surface area (Å²) in [6, 6.07) is 9.55. The summed E-state index contributed by atoms with van der Waals surface area (Å²) in [4.78, 5) is 21.1. The van der Waals surface area contributed by atoms with Crippen LogP contribution in [0.15, 0.2) is 30.3 Å². The first-order valence-corrected chi connectivity index (χ1v) is 7.31. The molecular formula is C14H14N6OS. The highest BCUT2D eigenvalue weighted by Crippen LogP contribution is 2.37. The lowest BCUT2D eigenvalue weighted by atomic mass is 10.2. The zero-order valence-electron chi connectivity index (χ0n) is 11.8. The smallest absolute Gasteiger partial charge is 0.260 e. The predicted octanol–water partition coefficient (Wildman–Crippen LogP) is 2.16. The predicted molar refractivity (Wildman–Crippen MR) is 89.6 cm³/mol. The molecule has 3 aromatic rings. The summed E-state index contributed by atoms with van der Waals surface area (Å²) in [6.45, 7) is 0. The van der Waals surface area contributed by atoms with E-state index >= 15 is 0 Å². The molecule has 0 radical (unpaired) electrons. The molecule has 22 heavy (non-hydrogen) atoms. The Labute approximate surface area is 130 Å². The van der Waals surface area contributed by atoms with Gasteiger partial charge in [0.25, 0.3) is 5.91 Å². The van der Waals surface area contributed by atoms with Crippen LogP contribution in [0.5, 0.6) is 0 Å². The zero-order valence-corrected chi connectivity index (χ0v) is 12.6. The molecule has 0 spiro atoms. The zero-order chi connectivity index (χ0) is 15.7. The van der Waals surface area contributed by atoms with Gasteiger partial charge in [-0.05, 0) is 12.1 Å². The number of benzene rings is 1. The number of nitrogens with one attached hydrogen (secondary N) is 2. The van der Waals surface area contributed by atoms with Gasteiger partial charge in [0.15, 0.2) is 0 Å². The summed E-state index contributed by atoms with van der Waals surface area (Å²) in [7, 11) is 1.72. The van der Waals surface area contributed by atoms with Crippen molar-refractivity contribution >= 4 is 50.6 Å². The monoisotopic (exact) mass is 314 g/mol. The molecule has 0 aliphatic carbocycles. The van der Waals surface area contributed by atoms with Crippen LogP contribution in [0, 0.1) is 0 Å². The second-order valence-corrected chi connectivity index (χ2v) is 5.53. The fourth-order valence-electron chi connectivity index (χ4n) is 2.07. The van der Waals surface area contributed by atoms with E-state index in [0.29, 0.717) is 27.7 Å². The number of thiophene rings is 1. The minimum Gasteiger partial charge on any atom is -0.397 e. The largest absolute Gasteiger partial charge is 0.397 e. The molecule has 0 atom stereocenters. The molecule has 0 saturated heterocycles. The molecule has 0 aliphatic rings. The second-order valence-electron chi connectivity index (χ2n) is 4.53. The van der Waals surface area contributed by atoms with Gasteiger partial charge in [0.2, 0.25) is 5.95 Å². The molecule has 0 fully saturated rings. The van der Waals surface area contributed by atoms with E-state index in [4.69, 9.17) is 11.5 Å². The third kappa shape index (κ3) is 2.40. The number of para-hydroxylation sites is 1.